The van der Waals surface area contributed by atoms with E-state index in [9.17, 15) is 0 Å². The predicted octanol–water partition coefficient (Wildman–Crippen LogP) is 1.71. The Hall–Kier alpha value is -1.06. The second kappa shape index (κ2) is 5.72. The van der Waals surface area contributed by atoms with Crippen molar-refractivity contribution in [3.63, 3.8) is 0 Å². The fraction of sp³-hybridized carbons (Fsp3) is 0.600. The molecule has 2 N–H and O–H groups in total. The Balaban J connectivity index is 1.50. The fourth-order valence-corrected chi connectivity index (χ4v) is 2.99. The SMILES string of the molecule is c1ccc2c(c1)CCC(CCN1CCNCC1)N2. The second-order valence-electron chi connectivity index (χ2n) is 5.42. The lowest BCUT2D eigenvalue weighted by molar-refractivity contribution is 0.233. The molecule has 0 radical (unpaired) electrons. The van der Waals surface area contributed by atoms with Crippen LogP contribution in [0.25, 0.3) is 0 Å². The summed E-state index contributed by atoms with van der Waals surface area (Å²) in [7, 11) is 0. The van der Waals surface area contributed by atoms with Gasteiger partial charge in [0.15, 0.2) is 0 Å². The van der Waals surface area contributed by atoms with E-state index < -0.39 is 0 Å². The van der Waals surface area contributed by atoms with Gasteiger partial charge in [0.2, 0.25) is 0 Å². The molecule has 98 valence electrons. The van der Waals surface area contributed by atoms with E-state index in [1.165, 1.54) is 50.1 Å². The monoisotopic (exact) mass is 245 g/mol. The van der Waals surface area contributed by atoms with Gasteiger partial charge in [-0.2, -0.15) is 0 Å². The van der Waals surface area contributed by atoms with Crippen LogP contribution >= 0.6 is 0 Å². The highest BCUT2D eigenvalue weighted by Crippen LogP contribution is 2.25. The van der Waals surface area contributed by atoms with E-state index in [0.717, 1.165) is 13.1 Å². The number of rotatable bonds is 3. The number of hydrogen-bond donors (Lipinski definition) is 2. The predicted molar refractivity (Wildman–Crippen MR) is 76.1 cm³/mol. The molecule has 0 saturated carbocycles. The van der Waals surface area contributed by atoms with Crippen molar-refractivity contribution in [3.05, 3.63) is 29.8 Å². The standard InChI is InChI=1S/C15H23N3/c1-2-4-15-13(3-1)5-6-14(17-15)7-10-18-11-8-16-9-12-18/h1-4,14,16-17H,5-12H2. The van der Waals surface area contributed by atoms with Crippen LogP contribution < -0.4 is 10.6 Å². The van der Waals surface area contributed by atoms with Gasteiger partial charge in [-0.15, -0.1) is 0 Å². The zero-order valence-corrected chi connectivity index (χ0v) is 11.0. The fourth-order valence-electron chi connectivity index (χ4n) is 2.99. The number of fused-ring (bicyclic) bond motifs is 1. The summed E-state index contributed by atoms with van der Waals surface area (Å²) < 4.78 is 0. The van der Waals surface area contributed by atoms with E-state index in [1.54, 1.807) is 0 Å². The first-order valence-corrected chi connectivity index (χ1v) is 7.19. The van der Waals surface area contributed by atoms with Crippen molar-refractivity contribution in [1.82, 2.24) is 10.2 Å². The number of nitrogens with one attached hydrogen (secondary N) is 2. The van der Waals surface area contributed by atoms with Crippen LogP contribution in [0.4, 0.5) is 5.69 Å². The van der Waals surface area contributed by atoms with Gasteiger partial charge in [0, 0.05) is 44.5 Å². The quantitative estimate of drug-likeness (QED) is 0.849. The van der Waals surface area contributed by atoms with Gasteiger partial charge in [-0.1, -0.05) is 18.2 Å². The summed E-state index contributed by atoms with van der Waals surface area (Å²) in [6.45, 7) is 5.97. The average Bonchev–Trinajstić information content (AvgIpc) is 2.46. The molecule has 1 unspecified atom stereocenters. The molecule has 0 spiro atoms. The van der Waals surface area contributed by atoms with Crippen molar-refractivity contribution in [2.75, 3.05) is 38.0 Å². The van der Waals surface area contributed by atoms with Crippen LogP contribution in [0.15, 0.2) is 24.3 Å². The lowest BCUT2D eigenvalue weighted by Crippen LogP contribution is -2.44. The first-order chi connectivity index (χ1) is 8.92. The molecule has 1 aromatic rings. The number of para-hydroxylation sites is 1. The van der Waals surface area contributed by atoms with Crippen LogP contribution in [-0.2, 0) is 6.42 Å². The number of nitrogens with zero attached hydrogens (tertiary/aromatic N) is 1. The molecule has 18 heavy (non-hydrogen) atoms. The van der Waals surface area contributed by atoms with Gasteiger partial charge in [0.1, 0.15) is 0 Å². The molecule has 2 aliphatic heterocycles. The topological polar surface area (TPSA) is 27.3 Å². The van der Waals surface area contributed by atoms with Crippen LogP contribution in [0.5, 0.6) is 0 Å². The molecule has 2 aliphatic rings. The summed E-state index contributed by atoms with van der Waals surface area (Å²) >= 11 is 0. The number of hydrogen-bond acceptors (Lipinski definition) is 3. The Morgan fingerprint density at radius 2 is 2.00 bits per heavy atom. The third-order valence-electron chi connectivity index (χ3n) is 4.14. The molecule has 3 rings (SSSR count). The highest BCUT2D eigenvalue weighted by molar-refractivity contribution is 5.53. The highest BCUT2D eigenvalue weighted by Gasteiger charge is 2.18. The van der Waals surface area contributed by atoms with Gasteiger partial charge in [0.05, 0.1) is 0 Å². The third-order valence-corrected chi connectivity index (χ3v) is 4.14. The van der Waals surface area contributed by atoms with Crippen LogP contribution in [0.2, 0.25) is 0 Å². The van der Waals surface area contributed by atoms with Crippen LogP contribution in [0.1, 0.15) is 18.4 Å². The van der Waals surface area contributed by atoms with E-state index in [2.05, 4.69) is 39.8 Å². The molecule has 1 fully saturated rings. The maximum atomic E-state index is 3.69. The first-order valence-electron chi connectivity index (χ1n) is 7.19. The van der Waals surface area contributed by atoms with Crippen molar-refractivity contribution in [2.24, 2.45) is 0 Å². The highest BCUT2D eigenvalue weighted by atomic mass is 15.2. The van der Waals surface area contributed by atoms with Gasteiger partial charge >= 0.3 is 0 Å². The molecule has 0 bridgehead atoms. The van der Waals surface area contributed by atoms with Gasteiger partial charge in [-0.3, -0.25) is 0 Å². The van der Waals surface area contributed by atoms with E-state index in [4.69, 9.17) is 0 Å². The summed E-state index contributed by atoms with van der Waals surface area (Å²) in [4.78, 5) is 2.58. The normalized spacial score (nSPS) is 24.3. The molecule has 1 saturated heterocycles. The lowest BCUT2D eigenvalue weighted by atomic mass is 9.96. The molecule has 2 heterocycles. The average molecular weight is 245 g/mol. The summed E-state index contributed by atoms with van der Waals surface area (Å²) in [5.74, 6) is 0. The van der Waals surface area contributed by atoms with E-state index in [-0.39, 0.29) is 0 Å². The van der Waals surface area contributed by atoms with Crippen molar-refractivity contribution < 1.29 is 0 Å². The summed E-state index contributed by atoms with van der Waals surface area (Å²) in [6, 6.07) is 9.39. The van der Waals surface area contributed by atoms with E-state index >= 15 is 0 Å². The third kappa shape index (κ3) is 2.85. The minimum atomic E-state index is 0.662. The summed E-state index contributed by atoms with van der Waals surface area (Å²) in [5, 5.41) is 7.10. The van der Waals surface area contributed by atoms with Gasteiger partial charge in [-0.25, -0.2) is 0 Å². The zero-order valence-electron chi connectivity index (χ0n) is 11.0. The van der Waals surface area contributed by atoms with Gasteiger partial charge in [-0.05, 0) is 30.9 Å². The zero-order chi connectivity index (χ0) is 12.2. The van der Waals surface area contributed by atoms with Gasteiger partial charge in [0.25, 0.3) is 0 Å². The van der Waals surface area contributed by atoms with E-state index in [0.29, 0.717) is 6.04 Å². The number of aryl methyl sites for hydroxylation is 1. The number of anilines is 1. The van der Waals surface area contributed by atoms with Crippen molar-refractivity contribution in [3.8, 4) is 0 Å². The van der Waals surface area contributed by atoms with Gasteiger partial charge < -0.3 is 15.5 Å². The van der Waals surface area contributed by atoms with Crippen molar-refractivity contribution in [2.45, 2.75) is 25.3 Å². The van der Waals surface area contributed by atoms with Crippen molar-refractivity contribution >= 4 is 5.69 Å². The molecule has 0 amide bonds. The molecule has 0 aliphatic carbocycles. The Labute approximate surface area is 110 Å². The summed E-state index contributed by atoms with van der Waals surface area (Å²) in [5.41, 5.74) is 2.84. The maximum Gasteiger partial charge on any atom is 0.0374 e. The number of piperazine rings is 1. The lowest BCUT2D eigenvalue weighted by Gasteiger charge is -2.31. The number of benzene rings is 1. The summed E-state index contributed by atoms with van der Waals surface area (Å²) in [6.07, 6.45) is 3.78. The minimum absolute atomic E-state index is 0.662. The smallest absolute Gasteiger partial charge is 0.0374 e. The van der Waals surface area contributed by atoms with Crippen LogP contribution in [-0.4, -0.2) is 43.7 Å². The Bertz CT molecular complexity index is 385. The van der Waals surface area contributed by atoms with Crippen LogP contribution in [0, 0.1) is 0 Å². The van der Waals surface area contributed by atoms with E-state index in [1.807, 2.05) is 0 Å². The first kappa shape index (κ1) is 12.0. The Morgan fingerprint density at radius 3 is 2.89 bits per heavy atom. The second-order valence-corrected chi connectivity index (χ2v) is 5.42. The molecular formula is C15H23N3. The molecule has 3 heteroatoms. The largest absolute Gasteiger partial charge is 0.382 e. The Kier molecular flexibility index (Phi) is 3.81. The molecule has 1 aromatic carbocycles. The molecule has 0 aromatic heterocycles. The van der Waals surface area contributed by atoms with Crippen LogP contribution in [0.3, 0.4) is 0 Å². The minimum Gasteiger partial charge on any atom is -0.382 e. The molecule has 1 atom stereocenters. The Morgan fingerprint density at radius 1 is 1.17 bits per heavy atom. The maximum absolute atomic E-state index is 3.69. The molecular weight excluding hydrogens is 222 g/mol. The van der Waals surface area contributed by atoms with Crippen molar-refractivity contribution in [1.29, 1.82) is 0 Å². The molecule has 3 nitrogen and oxygen atoms in total.